The minimum atomic E-state index is -0.519. The first kappa shape index (κ1) is 12.1. The van der Waals surface area contributed by atoms with Crippen LogP contribution in [-0.4, -0.2) is 21.1 Å². The fraction of sp³-hybridized carbons (Fsp3) is 0.0769. The van der Waals surface area contributed by atoms with Crippen LogP contribution in [0.15, 0.2) is 42.6 Å². The van der Waals surface area contributed by atoms with Gasteiger partial charge in [0.25, 0.3) is 5.91 Å². The first-order chi connectivity index (χ1) is 8.72. The highest BCUT2D eigenvalue weighted by Gasteiger charge is 2.13. The maximum Gasteiger partial charge on any atom is 0.278 e. The van der Waals surface area contributed by atoms with Gasteiger partial charge in [-0.3, -0.25) is 4.79 Å². The number of aliphatic hydroxyl groups is 1. The second-order valence-electron chi connectivity index (χ2n) is 3.64. The summed E-state index contributed by atoms with van der Waals surface area (Å²) >= 11 is 0. The largest absolute Gasteiger partial charge is 0.505 e. The molecule has 18 heavy (non-hydrogen) atoms. The van der Waals surface area contributed by atoms with E-state index in [1.165, 1.54) is 18.3 Å². The van der Waals surface area contributed by atoms with Crippen LogP contribution in [0.3, 0.4) is 0 Å². The number of carbonyl (C=O) groups excluding carboxylic acids is 1. The minimum Gasteiger partial charge on any atom is -0.505 e. The Hall–Kier alpha value is -2.40. The van der Waals surface area contributed by atoms with Crippen LogP contribution in [0.5, 0.6) is 5.75 Å². The number of nitrogens with one attached hydrogen (secondary N) is 1. The van der Waals surface area contributed by atoms with E-state index >= 15 is 0 Å². The van der Waals surface area contributed by atoms with Gasteiger partial charge in [-0.15, -0.1) is 0 Å². The number of benzene rings is 1. The molecule has 92 valence electrons. The molecule has 1 heterocycles. The average Bonchev–Trinajstić information content (AvgIpc) is 2.39. The summed E-state index contributed by atoms with van der Waals surface area (Å²) in [5.41, 5.74) is 1.04. The number of para-hydroxylation sites is 1. The smallest absolute Gasteiger partial charge is 0.278 e. The maximum atomic E-state index is 11.9. The molecular formula is C13H12N2O3. The van der Waals surface area contributed by atoms with Gasteiger partial charge in [0.05, 0.1) is 6.61 Å². The molecule has 0 spiro atoms. The Balaban J connectivity index is 2.24. The Morgan fingerprint density at radius 2 is 2.00 bits per heavy atom. The molecule has 0 saturated heterocycles. The van der Waals surface area contributed by atoms with Gasteiger partial charge in [0.15, 0.2) is 5.69 Å². The first-order valence-corrected chi connectivity index (χ1v) is 5.36. The van der Waals surface area contributed by atoms with Crippen molar-refractivity contribution < 1.29 is 15.0 Å². The van der Waals surface area contributed by atoms with E-state index in [2.05, 4.69) is 10.3 Å². The lowest BCUT2D eigenvalue weighted by Gasteiger charge is -2.09. The predicted molar refractivity (Wildman–Crippen MR) is 66.2 cm³/mol. The fourth-order valence-corrected chi connectivity index (χ4v) is 1.53. The Bertz CT molecular complexity index is 570. The van der Waals surface area contributed by atoms with Crippen molar-refractivity contribution in [2.45, 2.75) is 6.61 Å². The number of carbonyl (C=O) groups is 1. The molecule has 0 aliphatic heterocycles. The summed E-state index contributed by atoms with van der Waals surface area (Å²) in [6, 6.07) is 9.80. The van der Waals surface area contributed by atoms with Gasteiger partial charge in [0.1, 0.15) is 5.75 Å². The van der Waals surface area contributed by atoms with Crippen LogP contribution in [0.1, 0.15) is 16.1 Å². The number of hydrogen-bond acceptors (Lipinski definition) is 4. The lowest BCUT2D eigenvalue weighted by molar-refractivity contribution is 0.101. The van der Waals surface area contributed by atoms with Crippen molar-refractivity contribution in [1.82, 2.24) is 4.98 Å². The van der Waals surface area contributed by atoms with Gasteiger partial charge in [-0.1, -0.05) is 18.2 Å². The van der Waals surface area contributed by atoms with Crippen molar-refractivity contribution in [3.63, 3.8) is 0 Å². The fourth-order valence-electron chi connectivity index (χ4n) is 1.53. The van der Waals surface area contributed by atoms with E-state index in [0.717, 1.165) is 0 Å². The van der Waals surface area contributed by atoms with Gasteiger partial charge >= 0.3 is 0 Å². The highest BCUT2D eigenvalue weighted by atomic mass is 16.3. The number of hydrogen-bond donors (Lipinski definition) is 3. The first-order valence-electron chi connectivity index (χ1n) is 5.36. The number of anilines is 1. The number of aromatic nitrogens is 1. The Morgan fingerprint density at radius 1 is 1.22 bits per heavy atom. The number of rotatable bonds is 3. The standard InChI is InChI=1S/C13H12N2O3/c16-8-9-4-1-2-5-10(9)15-13(18)12-11(17)6-3-7-14-12/h1-7,16-17H,8H2,(H,15,18). The maximum absolute atomic E-state index is 11.9. The molecule has 0 aliphatic carbocycles. The normalized spacial score (nSPS) is 10.1. The van der Waals surface area contributed by atoms with E-state index in [9.17, 15) is 9.90 Å². The van der Waals surface area contributed by atoms with Crippen molar-refractivity contribution in [2.24, 2.45) is 0 Å². The predicted octanol–water partition coefficient (Wildman–Crippen LogP) is 1.53. The molecule has 2 aromatic rings. The van der Waals surface area contributed by atoms with Gasteiger partial charge in [-0.25, -0.2) is 4.98 Å². The third-order valence-electron chi connectivity index (χ3n) is 2.44. The molecule has 1 aromatic carbocycles. The van der Waals surface area contributed by atoms with Crippen LogP contribution in [0.25, 0.3) is 0 Å². The molecule has 5 heteroatoms. The molecule has 2 rings (SSSR count). The number of pyridine rings is 1. The van der Waals surface area contributed by atoms with E-state index in [0.29, 0.717) is 11.3 Å². The highest BCUT2D eigenvalue weighted by Crippen LogP contribution is 2.18. The molecule has 1 amide bonds. The van der Waals surface area contributed by atoms with Gasteiger partial charge in [-0.05, 0) is 18.2 Å². The quantitative estimate of drug-likeness (QED) is 0.764. The highest BCUT2D eigenvalue weighted by molar-refractivity contribution is 6.04. The lowest BCUT2D eigenvalue weighted by atomic mass is 10.2. The number of amides is 1. The molecule has 3 N–H and O–H groups in total. The minimum absolute atomic E-state index is 0.0507. The third kappa shape index (κ3) is 2.46. The molecule has 0 fully saturated rings. The molecular weight excluding hydrogens is 232 g/mol. The third-order valence-corrected chi connectivity index (χ3v) is 2.44. The summed E-state index contributed by atoms with van der Waals surface area (Å²) in [4.78, 5) is 15.7. The zero-order chi connectivity index (χ0) is 13.0. The SMILES string of the molecule is O=C(Nc1ccccc1CO)c1ncccc1O. The summed E-state index contributed by atoms with van der Waals surface area (Å²) in [6.45, 7) is -0.176. The van der Waals surface area contributed by atoms with Crippen LogP contribution in [-0.2, 0) is 6.61 Å². The van der Waals surface area contributed by atoms with E-state index in [4.69, 9.17) is 5.11 Å². The Kier molecular flexibility index (Phi) is 3.54. The van der Waals surface area contributed by atoms with Crippen molar-refractivity contribution >= 4 is 11.6 Å². The molecule has 0 atom stereocenters. The summed E-state index contributed by atoms with van der Waals surface area (Å²) in [5, 5.41) is 21.3. The number of nitrogens with zero attached hydrogens (tertiary/aromatic N) is 1. The average molecular weight is 244 g/mol. The summed E-state index contributed by atoms with van der Waals surface area (Å²) in [6.07, 6.45) is 1.42. The van der Waals surface area contributed by atoms with Crippen LogP contribution in [0.2, 0.25) is 0 Å². The van der Waals surface area contributed by atoms with Crippen molar-refractivity contribution in [2.75, 3.05) is 5.32 Å². The molecule has 0 radical (unpaired) electrons. The molecule has 0 saturated carbocycles. The molecule has 1 aromatic heterocycles. The van der Waals surface area contributed by atoms with E-state index in [1.807, 2.05) is 0 Å². The summed E-state index contributed by atoms with van der Waals surface area (Å²) in [5.74, 6) is -0.703. The van der Waals surface area contributed by atoms with E-state index in [1.54, 1.807) is 24.3 Å². The van der Waals surface area contributed by atoms with Gasteiger partial charge < -0.3 is 15.5 Å². The van der Waals surface area contributed by atoms with Gasteiger partial charge in [0, 0.05) is 17.4 Å². The molecule has 0 aliphatic rings. The van der Waals surface area contributed by atoms with Gasteiger partial charge in [-0.2, -0.15) is 0 Å². The van der Waals surface area contributed by atoms with E-state index < -0.39 is 5.91 Å². The summed E-state index contributed by atoms with van der Waals surface area (Å²) in [7, 11) is 0. The monoisotopic (exact) mass is 244 g/mol. The number of aromatic hydroxyl groups is 1. The van der Waals surface area contributed by atoms with Crippen LogP contribution >= 0.6 is 0 Å². The van der Waals surface area contributed by atoms with Crippen molar-refractivity contribution in [3.8, 4) is 5.75 Å². The van der Waals surface area contributed by atoms with Crippen LogP contribution in [0, 0.1) is 0 Å². The van der Waals surface area contributed by atoms with E-state index in [-0.39, 0.29) is 18.1 Å². The van der Waals surface area contributed by atoms with Gasteiger partial charge in [0.2, 0.25) is 0 Å². The molecule has 0 unspecified atom stereocenters. The zero-order valence-corrected chi connectivity index (χ0v) is 9.50. The number of aliphatic hydroxyl groups excluding tert-OH is 1. The zero-order valence-electron chi connectivity index (χ0n) is 9.50. The van der Waals surface area contributed by atoms with Crippen molar-refractivity contribution in [3.05, 3.63) is 53.9 Å². The van der Waals surface area contributed by atoms with Crippen LogP contribution in [0.4, 0.5) is 5.69 Å². The Morgan fingerprint density at radius 3 is 2.72 bits per heavy atom. The lowest BCUT2D eigenvalue weighted by Crippen LogP contribution is -2.15. The topological polar surface area (TPSA) is 82.5 Å². The second kappa shape index (κ2) is 5.29. The Labute approximate surface area is 104 Å². The molecule has 0 bridgehead atoms. The van der Waals surface area contributed by atoms with Crippen LogP contribution < -0.4 is 5.32 Å². The summed E-state index contributed by atoms with van der Waals surface area (Å²) < 4.78 is 0. The second-order valence-corrected chi connectivity index (χ2v) is 3.64. The van der Waals surface area contributed by atoms with Crippen molar-refractivity contribution in [1.29, 1.82) is 0 Å². The molecule has 5 nitrogen and oxygen atoms in total.